The van der Waals surface area contributed by atoms with Crippen molar-refractivity contribution in [1.82, 2.24) is 0 Å². The predicted molar refractivity (Wildman–Crippen MR) is 47.1 cm³/mol. The van der Waals surface area contributed by atoms with Crippen molar-refractivity contribution in [3.8, 4) is 0 Å². The van der Waals surface area contributed by atoms with Crippen molar-refractivity contribution in [3.63, 3.8) is 0 Å². The third-order valence-electron chi connectivity index (χ3n) is 0.163. The van der Waals surface area contributed by atoms with Crippen molar-refractivity contribution >= 4 is 0 Å². The van der Waals surface area contributed by atoms with Crippen molar-refractivity contribution < 1.29 is 18.2 Å². The summed E-state index contributed by atoms with van der Waals surface area (Å²) in [5.41, 5.74) is 0. The second-order valence-corrected chi connectivity index (χ2v) is 4.55. The van der Waals surface area contributed by atoms with E-state index in [2.05, 4.69) is 17.6 Å². The van der Waals surface area contributed by atoms with Crippen molar-refractivity contribution in [1.29, 1.82) is 0 Å². The first kappa shape index (κ1) is 17.3. The van der Waals surface area contributed by atoms with Gasteiger partial charge in [-0.15, -0.1) is 0 Å². The van der Waals surface area contributed by atoms with E-state index >= 15 is 0 Å². The Balaban J connectivity index is -0.0000000933. The Morgan fingerprint density at radius 3 is 1.00 bits per heavy atom. The molecule has 11 heavy (non-hydrogen) atoms. The Kier molecular flexibility index (Phi) is 50.3. The molecule has 0 amide bonds. The molecule has 70 valence electrons. The zero-order valence-corrected chi connectivity index (χ0v) is 11.1. The quantitative estimate of drug-likeness (QED) is 0.652. The van der Waals surface area contributed by atoms with Gasteiger partial charge in [0.2, 0.25) is 0 Å². The number of hydrogen-bond donors (Lipinski definition) is 0. The van der Waals surface area contributed by atoms with Gasteiger partial charge in [-0.25, -0.2) is 0 Å². The maximum absolute atomic E-state index is 3.85. The van der Waals surface area contributed by atoms with Crippen LogP contribution in [0.25, 0.3) is 10.6 Å². The van der Waals surface area contributed by atoms with Crippen LogP contribution in [-0.4, -0.2) is 42.3 Å². The molecule has 0 aliphatic heterocycles. The molecule has 4 nitrogen and oxygen atoms in total. The van der Waals surface area contributed by atoms with Crippen LogP contribution in [0.15, 0.2) is 6.99 Å². The van der Waals surface area contributed by atoms with E-state index in [-0.39, 0.29) is 0 Å². The number of rotatable bonds is 0. The summed E-state index contributed by atoms with van der Waals surface area (Å²) in [7, 11) is 10.6. The molecule has 0 aromatic heterocycles. The summed E-state index contributed by atoms with van der Waals surface area (Å²) < 4.78 is 7.71. The fourth-order valence-electron chi connectivity index (χ4n) is 0.0816. The van der Waals surface area contributed by atoms with E-state index < -0.39 is 18.2 Å². The molecule has 0 saturated carbocycles. The molecule has 0 heterocycles. The topological polar surface area (TPSA) is 52.9 Å². The van der Waals surface area contributed by atoms with Crippen molar-refractivity contribution in [2.75, 3.05) is 42.3 Å². The zero-order valence-electron chi connectivity index (χ0n) is 8.20. The van der Waals surface area contributed by atoms with Gasteiger partial charge in [0, 0.05) is 0 Å². The molecular weight excluding hydrogens is 312 g/mol. The first-order valence-electron chi connectivity index (χ1n) is 3.05. The summed E-state index contributed by atoms with van der Waals surface area (Å²) >= 11 is -0.509. The van der Waals surface area contributed by atoms with Crippen molar-refractivity contribution in [2.45, 2.75) is 0 Å². The van der Waals surface area contributed by atoms with E-state index in [1.54, 1.807) is 28.2 Å². The Labute approximate surface area is 78.4 Å². The fraction of sp³-hybridized carbons (Fsp3) is 1.00. The second-order valence-electron chi connectivity index (χ2n) is 1.34. The van der Waals surface area contributed by atoms with Gasteiger partial charge < -0.3 is 10.6 Å². The fourth-order valence-corrected chi connectivity index (χ4v) is 0.668. The molecule has 0 radical (unpaired) electrons. The van der Waals surface area contributed by atoms with E-state index in [0.29, 0.717) is 0 Å². The molecule has 0 aromatic carbocycles. The molecule has 5 heteroatoms. The van der Waals surface area contributed by atoms with Crippen LogP contribution < -0.4 is 0 Å². The minimum absolute atomic E-state index is 0.509. The molecule has 0 bridgehead atoms. The van der Waals surface area contributed by atoms with Crippen LogP contribution in [0.2, 0.25) is 0 Å². The molecule has 0 aliphatic carbocycles. The van der Waals surface area contributed by atoms with Crippen LogP contribution in [0.3, 0.4) is 0 Å². The molecule has 0 aromatic rings. The summed E-state index contributed by atoms with van der Waals surface area (Å²) in [6, 6.07) is 0. The third-order valence-corrected chi connectivity index (χ3v) is 1.34. The van der Waals surface area contributed by atoms with Gasteiger partial charge in [0.05, 0.1) is 0 Å². The molecule has 0 spiro atoms. The van der Waals surface area contributed by atoms with Gasteiger partial charge in [0.25, 0.3) is 0 Å². The summed E-state index contributed by atoms with van der Waals surface area (Å²) in [4.78, 5) is 0. The van der Waals surface area contributed by atoms with Crippen LogP contribution in [0.4, 0.5) is 0 Å². The monoisotopic (exact) mass is 330 g/mol. The van der Waals surface area contributed by atoms with Gasteiger partial charge in [0.15, 0.2) is 0 Å². The predicted octanol–water partition coefficient (Wildman–Crippen LogP) is 1.94. The molecule has 0 unspecified atom stereocenters. The molecule has 0 rings (SSSR count). The summed E-state index contributed by atoms with van der Waals surface area (Å²) in [6.45, 7) is 0. The second kappa shape index (κ2) is 31.9. The summed E-state index contributed by atoms with van der Waals surface area (Å²) in [6.07, 6.45) is 0. The van der Waals surface area contributed by atoms with Gasteiger partial charge in [-0.05, 0) is 0 Å². The average molecular weight is 330 g/mol. The van der Waals surface area contributed by atoms with E-state index in [1.165, 1.54) is 0 Å². The van der Waals surface area contributed by atoms with Gasteiger partial charge >= 0.3 is 39.3 Å². The summed E-state index contributed by atoms with van der Waals surface area (Å²) in [5, 5.41) is 7.00. The Morgan fingerprint density at radius 2 is 1.00 bits per heavy atom. The Hall–Kier alpha value is 0.208. The molecule has 0 aliphatic rings. The van der Waals surface area contributed by atoms with Crippen LogP contribution in [-0.2, 0) is 18.2 Å². The van der Waals surface area contributed by atoms with Crippen LogP contribution in [0.5, 0.6) is 0 Å². The SMILES string of the molecule is C[N-]C.C[N-]C.C[N]=[W]=[N]C. The van der Waals surface area contributed by atoms with Crippen LogP contribution in [0, 0.1) is 0 Å². The van der Waals surface area contributed by atoms with E-state index in [1.807, 2.05) is 14.1 Å². The molecule has 0 atom stereocenters. The van der Waals surface area contributed by atoms with Crippen molar-refractivity contribution in [2.24, 2.45) is 6.99 Å². The van der Waals surface area contributed by atoms with Gasteiger partial charge in [0.1, 0.15) is 0 Å². The van der Waals surface area contributed by atoms with E-state index in [4.69, 9.17) is 0 Å². The van der Waals surface area contributed by atoms with Gasteiger partial charge in [-0.2, -0.15) is 28.2 Å². The zero-order chi connectivity index (χ0) is 9.54. The van der Waals surface area contributed by atoms with Gasteiger partial charge in [-0.1, -0.05) is 0 Å². The Morgan fingerprint density at radius 1 is 0.818 bits per heavy atom. The van der Waals surface area contributed by atoms with Gasteiger partial charge in [-0.3, -0.25) is 0 Å². The number of nitrogens with zero attached hydrogens (tertiary/aromatic N) is 4. The minimum atomic E-state index is -0.509. The average Bonchev–Trinajstić information content (AvgIpc) is 1.92. The van der Waals surface area contributed by atoms with Crippen LogP contribution in [0.1, 0.15) is 0 Å². The molecule has 0 saturated heterocycles. The Bertz CT molecular complexity index is 80.6. The molecular formula is C6H18N4W-2. The maximum atomic E-state index is 3.85. The molecule has 0 N–H and O–H groups in total. The number of hydrogen-bond acceptors (Lipinski definition) is 2. The van der Waals surface area contributed by atoms with Crippen molar-refractivity contribution in [3.05, 3.63) is 10.6 Å². The summed E-state index contributed by atoms with van der Waals surface area (Å²) in [5.74, 6) is 0. The van der Waals surface area contributed by atoms with E-state index in [0.717, 1.165) is 0 Å². The standard InChI is InChI=1S/2C2H6N.2CH3N.W/c2*1-3-2;2*1-2;/h2*1-2H3;2*1H3;/q2*-1;;;. The normalized spacial score (nSPS) is 6.00. The van der Waals surface area contributed by atoms with Crippen LogP contribution >= 0.6 is 0 Å². The van der Waals surface area contributed by atoms with E-state index in [9.17, 15) is 0 Å². The molecule has 0 fully saturated rings. The third kappa shape index (κ3) is 141. The first-order chi connectivity index (χ1) is 5.24. The first-order valence-corrected chi connectivity index (χ1v) is 5.67.